The number of anilines is 1. The lowest BCUT2D eigenvalue weighted by Crippen LogP contribution is -2.43. The molecule has 194 valence electrons. The number of para-hydroxylation sites is 1. The molecule has 16 heteroatoms. The van der Waals surface area contributed by atoms with Gasteiger partial charge in [-0.05, 0) is 31.2 Å². The van der Waals surface area contributed by atoms with Crippen LogP contribution in [0.3, 0.4) is 0 Å². The quantitative estimate of drug-likeness (QED) is 0.246. The predicted molar refractivity (Wildman–Crippen MR) is 125 cm³/mol. The van der Waals surface area contributed by atoms with Gasteiger partial charge in [0.25, 0.3) is 10.0 Å². The van der Waals surface area contributed by atoms with Crippen molar-refractivity contribution in [2.75, 3.05) is 17.4 Å². The largest absolute Gasteiger partial charge is 0.479 e. The number of rotatable bonds is 8. The van der Waals surface area contributed by atoms with Gasteiger partial charge in [0.15, 0.2) is 12.2 Å². The molecule has 0 saturated carbocycles. The lowest BCUT2D eigenvalue weighted by atomic mass is 10.1. The first-order valence-electron chi connectivity index (χ1n) is 10.0. The fraction of sp³-hybridized carbons (Fsp3) is 0.368. The summed E-state index contributed by atoms with van der Waals surface area (Å²) in [6.07, 6.45) is -3.66. The van der Waals surface area contributed by atoms with Crippen molar-refractivity contribution in [2.24, 2.45) is 5.14 Å². The van der Waals surface area contributed by atoms with E-state index in [1.54, 1.807) is 24.3 Å². The van der Waals surface area contributed by atoms with Crippen molar-refractivity contribution in [2.45, 2.75) is 40.0 Å². The van der Waals surface area contributed by atoms with Gasteiger partial charge in [-0.1, -0.05) is 25.1 Å². The zero-order chi connectivity index (χ0) is 26.6. The Morgan fingerprint density at radius 2 is 1.71 bits per heavy atom. The van der Waals surface area contributed by atoms with Crippen molar-refractivity contribution in [3.63, 3.8) is 0 Å². The minimum Gasteiger partial charge on any atom is -0.479 e. The van der Waals surface area contributed by atoms with Crippen LogP contribution in [0.1, 0.15) is 24.9 Å². The summed E-state index contributed by atoms with van der Waals surface area (Å²) >= 11 is 0.702. The molecule has 0 spiro atoms. The van der Waals surface area contributed by atoms with Gasteiger partial charge in [0, 0.05) is 5.56 Å². The van der Waals surface area contributed by atoms with Crippen LogP contribution < -0.4 is 14.8 Å². The third kappa shape index (κ3) is 6.75. The molecule has 1 aromatic carbocycles. The number of fused-ring (bicyclic) bond motifs is 1. The summed E-state index contributed by atoms with van der Waals surface area (Å²) in [5, 5.41) is 41.0. The van der Waals surface area contributed by atoms with E-state index in [0.29, 0.717) is 29.1 Å². The summed E-state index contributed by atoms with van der Waals surface area (Å²) in [6, 6.07) is 9.84. The van der Waals surface area contributed by atoms with E-state index in [2.05, 4.69) is 5.32 Å². The molecule has 7 N–H and O–H groups in total. The van der Waals surface area contributed by atoms with E-state index in [0.717, 1.165) is 6.42 Å². The Morgan fingerprint density at radius 3 is 2.17 bits per heavy atom. The van der Waals surface area contributed by atoms with Gasteiger partial charge in [0.05, 0.1) is 18.3 Å². The summed E-state index contributed by atoms with van der Waals surface area (Å²) < 4.78 is 50.7. The Balaban J connectivity index is 0.000000367. The van der Waals surface area contributed by atoms with Crippen molar-refractivity contribution in [3.8, 4) is 0 Å². The van der Waals surface area contributed by atoms with Gasteiger partial charge in [-0.15, -0.1) is 11.3 Å². The monoisotopic (exact) mass is 551 g/mol. The number of hydrogen-bond donors (Lipinski definition) is 6. The minimum absolute atomic E-state index is 0.0280. The van der Waals surface area contributed by atoms with Gasteiger partial charge in [-0.2, -0.15) is 0 Å². The van der Waals surface area contributed by atoms with Crippen molar-refractivity contribution in [3.05, 3.63) is 42.0 Å². The number of sulfonamides is 2. The first-order chi connectivity index (χ1) is 16.2. The van der Waals surface area contributed by atoms with Gasteiger partial charge in [0.1, 0.15) is 8.42 Å². The van der Waals surface area contributed by atoms with Crippen LogP contribution in [0.5, 0.6) is 0 Å². The summed E-state index contributed by atoms with van der Waals surface area (Å²) in [6.45, 7) is 2.89. The van der Waals surface area contributed by atoms with E-state index in [-0.39, 0.29) is 21.0 Å². The molecule has 2 heterocycles. The van der Waals surface area contributed by atoms with Crippen LogP contribution in [-0.4, -0.2) is 74.5 Å². The first-order valence-corrected chi connectivity index (χ1v) is 13.8. The molecular weight excluding hydrogens is 526 g/mol. The highest BCUT2D eigenvalue weighted by atomic mass is 32.3. The lowest BCUT2D eigenvalue weighted by molar-refractivity contribution is -0.165. The van der Waals surface area contributed by atoms with E-state index in [1.165, 1.54) is 10.4 Å². The van der Waals surface area contributed by atoms with Crippen LogP contribution in [0.15, 0.2) is 44.8 Å². The van der Waals surface area contributed by atoms with Crippen molar-refractivity contribution in [1.82, 2.24) is 5.32 Å². The van der Waals surface area contributed by atoms with Gasteiger partial charge in [-0.25, -0.2) is 31.6 Å². The minimum atomic E-state index is -3.97. The Labute approximate surface area is 205 Å². The molecule has 0 saturated heterocycles. The summed E-state index contributed by atoms with van der Waals surface area (Å²) in [7, 11) is -7.81. The molecular formula is C19H25N3O10S3. The van der Waals surface area contributed by atoms with Gasteiger partial charge in [-0.3, -0.25) is 4.31 Å². The molecule has 13 nitrogen and oxygen atoms in total. The number of aliphatic hydroxyl groups is 2. The second kappa shape index (κ2) is 11.4. The lowest BCUT2D eigenvalue weighted by Gasteiger charge is -2.34. The van der Waals surface area contributed by atoms with Gasteiger partial charge in [0.2, 0.25) is 10.0 Å². The van der Waals surface area contributed by atoms with E-state index in [4.69, 9.17) is 25.6 Å². The molecule has 0 aliphatic carbocycles. The zero-order valence-corrected chi connectivity index (χ0v) is 20.8. The van der Waals surface area contributed by atoms with Gasteiger partial charge >= 0.3 is 11.9 Å². The van der Waals surface area contributed by atoms with Crippen molar-refractivity contribution < 1.29 is 46.9 Å². The highest BCUT2D eigenvalue weighted by molar-refractivity contribution is 7.96. The summed E-state index contributed by atoms with van der Waals surface area (Å²) in [5.74, 6) is -3.54. The molecule has 0 radical (unpaired) electrons. The number of aliphatic hydroxyl groups excluding tert-OH is 2. The fourth-order valence-electron chi connectivity index (χ4n) is 3.01. The molecule has 3 rings (SSSR count). The predicted octanol–water partition coefficient (Wildman–Crippen LogP) is -0.477. The Morgan fingerprint density at radius 1 is 1.17 bits per heavy atom. The molecule has 1 aliphatic heterocycles. The first kappa shape index (κ1) is 28.6. The summed E-state index contributed by atoms with van der Waals surface area (Å²) in [5.41, 5.74) is 1.01. The number of nitrogens with one attached hydrogen (secondary N) is 1. The van der Waals surface area contributed by atoms with E-state index < -0.39 is 44.2 Å². The van der Waals surface area contributed by atoms with E-state index in [9.17, 15) is 26.4 Å². The number of hydrogen-bond acceptors (Lipinski definition) is 10. The Bertz CT molecular complexity index is 1240. The van der Waals surface area contributed by atoms with Crippen LogP contribution >= 0.6 is 11.3 Å². The van der Waals surface area contributed by atoms with Crippen LogP contribution in [0.4, 0.5) is 5.69 Å². The van der Waals surface area contributed by atoms with Crippen LogP contribution in [0, 0.1) is 0 Å². The molecule has 0 amide bonds. The maximum Gasteiger partial charge on any atom is 0.335 e. The molecule has 2 aromatic rings. The number of carboxylic acids is 2. The van der Waals surface area contributed by atoms with Crippen molar-refractivity contribution in [1.29, 1.82) is 0 Å². The number of aliphatic carboxylic acids is 2. The fourth-order valence-corrected chi connectivity index (χ4v) is 7.27. The molecule has 3 unspecified atom stereocenters. The molecule has 3 atom stereocenters. The number of primary sulfonamides is 1. The van der Waals surface area contributed by atoms with E-state index >= 15 is 0 Å². The standard InChI is InChI=1S/C15H19N3O4S3.C4H6O6/c1-2-8-17-13-10-18(11-6-4-3-5-7-11)25(21,22)15-12(13)9-14(23-15)24(16,19)20;5-1(3(7)8)2(6)4(9)10/h3-7,9,13,17H,2,8,10H2,1H3,(H2,16,19,20);1-2,5-6H,(H,7,8)(H,9,10). The topological polar surface area (TPSA) is 225 Å². The van der Waals surface area contributed by atoms with Crippen LogP contribution in [0.2, 0.25) is 0 Å². The third-order valence-electron chi connectivity index (χ3n) is 4.72. The number of nitrogens with zero attached hydrogens (tertiary/aromatic N) is 1. The SMILES string of the molecule is CCCNC1CN(c2ccccc2)S(=O)(=O)c2sc(S(N)(=O)=O)cc21.O=C(O)C(O)C(O)C(=O)O. The second-order valence-electron chi connectivity index (χ2n) is 7.30. The molecule has 1 aromatic heterocycles. The number of nitrogens with two attached hydrogens (primary N) is 1. The molecule has 0 bridgehead atoms. The van der Waals surface area contributed by atoms with E-state index in [1.807, 2.05) is 13.0 Å². The number of thiophene rings is 1. The maximum absolute atomic E-state index is 13.0. The number of benzene rings is 1. The molecule has 35 heavy (non-hydrogen) atoms. The van der Waals surface area contributed by atoms with Crippen molar-refractivity contribution >= 4 is 49.0 Å². The average molecular weight is 552 g/mol. The van der Waals surface area contributed by atoms with Crippen LogP contribution in [0.25, 0.3) is 0 Å². The molecule has 0 fully saturated rings. The number of carboxylic acid groups (broad SMARTS) is 2. The highest BCUT2D eigenvalue weighted by Crippen LogP contribution is 2.41. The number of carbonyl (C=O) groups is 2. The van der Waals surface area contributed by atoms with Crippen LogP contribution in [-0.2, 0) is 29.6 Å². The Hall–Kier alpha value is -2.60. The Kier molecular flexibility index (Phi) is 9.35. The highest BCUT2D eigenvalue weighted by Gasteiger charge is 2.40. The second-order valence-corrected chi connectivity index (χ2v) is 12.2. The smallest absolute Gasteiger partial charge is 0.335 e. The summed E-state index contributed by atoms with van der Waals surface area (Å²) in [4.78, 5) is 19.5. The molecule has 1 aliphatic rings. The third-order valence-corrected chi connectivity index (χ3v) is 9.61. The average Bonchev–Trinajstić information content (AvgIpc) is 3.26. The normalized spacial score (nSPS) is 18.5. The maximum atomic E-state index is 13.0. The van der Waals surface area contributed by atoms with Gasteiger partial charge < -0.3 is 25.7 Å². The zero-order valence-electron chi connectivity index (χ0n) is 18.3.